The van der Waals surface area contributed by atoms with Crippen LogP contribution in [-0.4, -0.2) is 56.3 Å². The van der Waals surface area contributed by atoms with E-state index in [9.17, 15) is 28.1 Å². The summed E-state index contributed by atoms with van der Waals surface area (Å²) >= 11 is 6.34. The maximum Gasteiger partial charge on any atom is 0.273 e. The predicted molar refractivity (Wildman–Crippen MR) is 189 cm³/mol. The van der Waals surface area contributed by atoms with Crippen molar-refractivity contribution in [2.75, 3.05) is 24.5 Å². The van der Waals surface area contributed by atoms with E-state index in [1.54, 1.807) is 0 Å². The first-order chi connectivity index (χ1) is 23.3. The molecule has 1 N–H and O–H groups in total. The van der Waals surface area contributed by atoms with E-state index in [1.807, 2.05) is 68.4 Å². The maximum absolute atomic E-state index is 14.7. The van der Waals surface area contributed by atoms with Crippen LogP contribution in [0.25, 0.3) is 0 Å². The molecule has 11 nitrogen and oxygen atoms in total. The third-order valence-electron chi connectivity index (χ3n) is 7.95. The van der Waals surface area contributed by atoms with Crippen molar-refractivity contribution in [2.24, 2.45) is 0 Å². The summed E-state index contributed by atoms with van der Waals surface area (Å²) in [7, 11) is -3.32. The smallest absolute Gasteiger partial charge is 0.273 e. The monoisotopic (exact) mass is 706 g/mol. The van der Waals surface area contributed by atoms with Crippen LogP contribution in [-0.2, 0) is 32.6 Å². The first kappa shape index (κ1) is 36.9. The molecule has 0 aliphatic carbocycles. The van der Waals surface area contributed by atoms with Crippen LogP contribution in [0.2, 0.25) is 5.02 Å². The van der Waals surface area contributed by atoms with Crippen molar-refractivity contribution in [3.63, 3.8) is 0 Å². The molecule has 4 aromatic carbocycles. The Morgan fingerprint density at radius 1 is 0.959 bits per heavy atom. The number of aryl methyl sites for hydroxylation is 2. The van der Waals surface area contributed by atoms with Gasteiger partial charge in [-0.15, -0.1) is 0 Å². The molecule has 4 rings (SSSR count). The molecule has 0 aromatic heterocycles. The van der Waals surface area contributed by atoms with Crippen molar-refractivity contribution in [1.29, 1.82) is 0 Å². The SMILES string of the molecule is CCCNC(=O)C(Cc1ccccc1)N(Cc1ccc(C)cc1)C(=O)CN(c1cc(Cl)ccc1OC)S(=O)(=O)c1ccc(C)c([N+](=O)[O-])c1. The van der Waals surface area contributed by atoms with Crippen molar-refractivity contribution in [2.45, 2.75) is 51.1 Å². The van der Waals surface area contributed by atoms with Crippen LogP contribution < -0.4 is 14.4 Å². The molecule has 0 aliphatic heterocycles. The third kappa shape index (κ3) is 9.15. The number of sulfonamides is 1. The molecule has 0 saturated heterocycles. The number of nitro benzene ring substituents is 1. The molecule has 2 amide bonds. The molecule has 4 aromatic rings. The summed E-state index contributed by atoms with van der Waals surface area (Å²) in [6.07, 6.45) is 0.824. The Morgan fingerprint density at radius 2 is 1.65 bits per heavy atom. The van der Waals surface area contributed by atoms with Gasteiger partial charge in [-0.2, -0.15) is 0 Å². The van der Waals surface area contributed by atoms with E-state index in [-0.39, 0.29) is 35.0 Å². The van der Waals surface area contributed by atoms with Crippen molar-refractivity contribution in [3.8, 4) is 5.75 Å². The molecule has 0 saturated carbocycles. The molecule has 0 fully saturated rings. The average Bonchev–Trinajstić information content (AvgIpc) is 3.08. The zero-order valence-corrected chi connectivity index (χ0v) is 29.3. The molecule has 0 radical (unpaired) electrons. The number of hydrogen-bond acceptors (Lipinski definition) is 7. The molecular weight excluding hydrogens is 668 g/mol. The van der Waals surface area contributed by atoms with Gasteiger partial charge in [0.15, 0.2) is 0 Å². The van der Waals surface area contributed by atoms with Crippen LogP contribution in [0, 0.1) is 24.0 Å². The topological polar surface area (TPSA) is 139 Å². The highest BCUT2D eigenvalue weighted by molar-refractivity contribution is 7.92. The predicted octanol–water partition coefficient (Wildman–Crippen LogP) is 6.24. The summed E-state index contributed by atoms with van der Waals surface area (Å²) in [4.78, 5) is 40.5. The number of carbonyl (C=O) groups excluding carboxylic acids is 2. The number of benzene rings is 4. The standard InChI is InChI=1S/C36H39ClN4O7S/c1-5-19-38-36(43)33(20-27-9-7-6-8-10-27)39(23-28-14-11-25(2)12-15-28)35(42)24-40(32-21-29(37)16-18-34(32)48-4)49(46,47)30-17-13-26(3)31(22-30)41(44)45/h6-18,21-22,33H,5,19-20,23-24H2,1-4H3,(H,38,43). The van der Waals surface area contributed by atoms with Gasteiger partial charge in [0.1, 0.15) is 18.3 Å². The second-order valence-electron chi connectivity index (χ2n) is 11.5. The van der Waals surface area contributed by atoms with Crippen LogP contribution in [0.3, 0.4) is 0 Å². The molecule has 1 atom stereocenters. The second-order valence-corrected chi connectivity index (χ2v) is 13.8. The Morgan fingerprint density at radius 3 is 2.29 bits per heavy atom. The lowest BCUT2D eigenvalue weighted by Crippen LogP contribution is -2.53. The van der Waals surface area contributed by atoms with Gasteiger partial charge in [0.2, 0.25) is 11.8 Å². The molecule has 0 spiro atoms. The molecule has 0 aliphatic rings. The number of anilines is 1. The van der Waals surface area contributed by atoms with Crippen LogP contribution in [0.4, 0.5) is 11.4 Å². The quantitative estimate of drug-likeness (QED) is 0.114. The lowest BCUT2D eigenvalue weighted by molar-refractivity contribution is -0.385. The van der Waals surface area contributed by atoms with Gasteiger partial charge in [0.25, 0.3) is 15.7 Å². The van der Waals surface area contributed by atoms with Crippen LogP contribution in [0.15, 0.2) is 95.9 Å². The number of hydrogen-bond donors (Lipinski definition) is 1. The van der Waals surface area contributed by atoms with Crippen LogP contribution >= 0.6 is 11.6 Å². The average molecular weight is 707 g/mol. The van der Waals surface area contributed by atoms with E-state index in [4.69, 9.17) is 16.3 Å². The number of nitro groups is 1. The number of nitrogens with one attached hydrogen (secondary N) is 1. The van der Waals surface area contributed by atoms with Gasteiger partial charge in [-0.1, -0.05) is 84.8 Å². The summed E-state index contributed by atoms with van der Waals surface area (Å²) in [5, 5.41) is 14.8. The van der Waals surface area contributed by atoms with Gasteiger partial charge in [-0.3, -0.25) is 24.0 Å². The number of rotatable bonds is 15. The largest absolute Gasteiger partial charge is 0.495 e. The molecule has 49 heavy (non-hydrogen) atoms. The number of nitrogens with zero attached hydrogens (tertiary/aromatic N) is 3. The van der Waals surface area contributed by atoms with Gasteiger partial charge >= 0.3 is 0 Å². The Balaban J connectivity index is 1.88. The highest BCUT2D eigenvalue weighted by Crippen LogP contribution is 2.36. The van der Waals surface area contributed by atoms with E-state index in [2.05, 4.69) is 5.32 Å². The van der Waals surface area contributed by atoms with Crippen molar-refractivity contribution in [1.82, 2.24) is 10.2 Å². The minimum atomic E-state index is -4.66. The van der Waals surface area contributed by atoms with Crippen LogP contribution in [0.1, 0.15) is 35.6 Å². The summed E-state index contributed by atoms with van der Waals surface area (Å²) in [5.41, 5.74) is 2.33. The minimum Gasteiger partial charge on any atom is -0.495 e. The lowest BCUT2D eigenvalue weighted by Gasteiger charge is -2.34. The minimum absolute atomic E-state index is 0.00721. The van der Waals surface area contributed by atoms with E-state index >= 15 is 0 Å². The van der Waals surface area contributed by atoms with Gasteiger partial charge in [0.05, 0.1) is 22.6 Å². The molecule has 258 valence electrons. The molecule has 0 heterocycles. The fourth-order valence-electron chi connectivity index (χ4n) is 5.26. The van der Waals surface area contributed by atoms with Gasteiger partial charge in [-0.05, 0) is 55.7 Å². The van der Waals surface area contributed by atoms with E-state index < -0.39 is 49.9 Å². The zero-order valence-electron chi connectivity index (χ0n) is 27.8. The number of amides is 2. The molecule has 0 bridgehead atoms. The number of carbonyl (C=O) groups is 2. The highest BCUT2D eigenvalue weighted by atomic mass is 35.5. The fraction of sp³-hybridized carbons (Fsp3) is 0.278. The Kier molecular flexibility index (Phi) is 12.4. The first-order valence-corrected chi connectivity index (χ1v) is 17.5. The fourth-order valence-corrected chi connectivity index (χ4v) is 6.86. The second kappa shape index (κ2) is 16.4. The maximum atomic E-state index is 14.7. The summed E-state index contributed by atoms with van der Waals surface area (Å²) < 4.78 is 35.2. The Bertz CT molecular complexity index is 1900. The summed E-state index contributed by atoms with van der Waals surface area (Å²) in [5.74, 6) is -0.996. The van der Waals surface area contributed by atoms with Gasteiger partial charge in [0, 0.05) is 36.2 Å². The highest BCUT2D eigenvalue weighted by Gasteiger charge is 2.36. The number of halogens is 1. The first-order valence-electron chi connectivity index (χ1n) is 15.6. The van der Waals surface area contributed by atoms with Gasteiger partial charge < -0.3 is 15.0 Å². The summed E-state index contributed by atoms with van der Waals surface area (Å²) in [6.45, 7) is 4.93. The van der Waals surface area contributed by atoms with Gasteiger partial charge in [-0.25, -0.2) is 8.42 Å². The van der Waals surface area contributed by atoms with E-state index in [0.717, 1.165) is 27.1 Å². The zero-order chi connectivity index (χ0) is 35.7. The normalized spacial score (nSPS) is 11.8. The van der Waals surface area contributed by atoms with Crippen molar-refractivity contribution < 1.29 is 27.7 Å². The third-order valence-corrected chi connectivity index (χ3v) is 9.94. The Labute approximate surface area is 291 Å². The molecular formula is C36H39ClN4O7S. The van der Waals surface area contributed by atoms with Crippen LogP contribution in [0.5, 0.6) is 5.75 Å². The lowest BCUT2D eigenvalue weighted by atomic mass is 10.0. The van der Waals surface area contributed by atoms with E-state index in [0.29, 0.717) is 13.0 Å². The van der Waals surface area contributed by atoms with Crippen molar-refractivity contribution in [3.05, 3.63) is 128 Å². The number of methoxy groups -OCH3 is 1. The Hall–Kier alpha value is -4.94. The summed E-state index contributed by atoms with van der Waals surface area (Å²) in [6, 6.07) is 23.5. The molecule has 1 unspecified atom stereocenters. The van der Waals surface area contributed by atoms with Crippen molar-refractivity contribution >= 4 is 44.8 Å². The molecule has 13 heteroatoms. The van der Waals surface area contributed by atoms with E-state index in [1.165, 1.54) is 49.3 Å². The number of ether oxygens (including phenoxy) is 1.